The predicted molar refractivity (Wildman–Crippen MR) is 92.4 cm³/mol. The van der Waals surface area contributed by atoms with Gasteiger partial charge in [0, 0.05) is 24.2 Å². The Kier molecular flexibility index (Phi) is 3.60. The molecule has 0 radical (unpaired) electrons. The van der Waals surface area contributed by atoms with Crippen molar-refractivity contribution in [2.75, 3.05) is 0 Å². The molecule has 4 rings (SSSR count). The van der Waals surface area contributed by atoms with Crippen molar-refractivity contribution < 1.29 is 14.7 Å². The SMILES string of the molecule is CC(=O)[C@H]1CC[C@H]2[C@@H]3CC[C@]4(O)CC(=O)CC[C@]4(C)[C@H]3CC[C@]12C. The van der Waals surface area contributed by atoms with Gasteiger partial charge in [-0.2, -0.15) is 0 Å². The Hall–Kier alpha value is -0.700. The van der Waals surface area contributed by atoms with Crippen LogP contribution in [0.5, 0.6) is 0 Å². The third-order valence-electron chi connectivity index (χ3n) is 9.11. The number of ketones is 2. The summed E-state index contributed by atoms with van der Waals surface area (Å²) in [7, 11) is 0. The Labute approximate surface area is 145 Å². The van der Waals surface area contributed by atoms with E-state index in [1.54, 1.807) is 6.92 Å². The van der Waals surface area contributed by atoms with Gasteiger partial charge in [-0.15, -0.1) is 0 Å². The monoisotopic (exact) mass is 332 g/mol. The molecule has 0 unspecified atom stereocenters. The average molecular weight is 332 g/mol. The predicted octanol–water partition coefficient (Wildman–Crippen LogP) is 3.92. The van der Waals surface area contributed by atoms with Crippen molar-refractivity contribution in [3.63, 3.8) is 0 Å². The lowest BCUT2D eigenvalue weighted by atomic mass is 9.43. The van der Waals surface area contributed by atoms with Crippen LogP contribution in [0.1, 0.15) is 78.6 Å². The van der Waals surface area contributed by atoms with Crippen LogP contribution in [0, 0.1) is 34.5 Å². The zero-order valence-electron chi connectivity index (χ0n) is 15.4. The summed E-state index contributed by atoms with van der Waals surface area (Å²) < 4.78 is 0. The maximum absolute atomic E-state index is 12.2. The van der Waals surface area contributed by atoms with Gasteiger partial charge in [0.25, 0.3) is 0 Å². The van der Waals surface area contributed by atoms with E-state index in [0.717, 1.165) is 38.5 Å². The molecular weight excluding hydrogens is 300 g/mol. The molecule has 4 fully saturated rings. The molecule has 4 aliphatic carbocycles. The van der Waals surface area contributed by atoms with Gasteiger partial charge in [-0.25, -0.2) is 0 Å². The Bertz CT molecular complexity index is 584. The van der Waals surface area contributed by atoms with E-state index in [2.05, 4.69) is 13.8 Å². The molecule has 24 heavy (non-hydrogen) atoms. The zero-order chi connectivity index (χ0) is 17.3. The van der Waals surface area contributed by atoms with Gasteiger partial charge in [-0.1, -0.05) is 13.8 Å². The first-order valence-corrected chi connectivity index (χ1v) is 9.96. The third-order valence-corrected chi connectivity index (χ3v) is 9.11. The summed E-state index contributed by atoms with van der Waals surface area (Å²) in [6.07, 6.45) is 8.13. The quantitative estimate of drug-likeness (QED) is 0.792. The number of aliphatic hydroxyl groups is 1. The van der Waals surface area contributed by atoms with Crippen molar-refractivity contribution in [2.24, 2.45) is 34.5 Å². The minimum absolute atomic E-state index is 0.112. The van der Waals surface area contributed by atoms with Gasteiger partial charge in [-0.05, 0) is 75.0 Å². The van der Waals surface area contributed by atoms with Crippen LogP contribution in [0.2, 0.25) is 0 Å². The molecule has 4 saturated carbocycles. The molecule has 134 valence electrons. The smallest absolute Gasteiger partial charge is 0.135 e. The molecule has 4 aliphatic rings. The highest BCUT2D eigenvalue weighted by molar-refractivity contribution is 5.81. The van der Waals surface area contributed by atoms with Crippen molar-refractivity contribution in [2.45, 2.75) is 84.2 Å². The number of hydrogen-bond acceptors (Lipinski definition) is 3. The molecule has 0 heterocycles. The van der Waals surface area contributed by atoms with Gasteiger partial charge in [-0.3, -0.25) is 9.59 Å². The lowest BCUT2D eigenvalue weighted by Gasteiger charge is -2.63. The first-order valence-electron chi connectivity index (χ1n) is 9.96. The minimum Gasteiger partial charge on any atom is -0.389 e. The number of carbonyl (C=O) groups excluding carboxylic acids is 2. The van der Waals surface area contributed by atoms with Crippen LogP contribution >= 0.6 is 0 Å². The fourth-order valence-corrected chi connectivity index (χ4v) is 7.71. The number of carbonyl (C=O) groups is 2. The minimum atomic E-state index is -0.782. The van der Waals surface area contributed by atoms with Crippen molar-refractivity contribution in [3.05, 3.63) is 0 Å². The standard InChI is InChI=1S/C21H32O3/c1-13(22)16-4-5-17-15-7-11-21(24)12-14(23)6-10-20(21,3)18(15)8-9-19(16,17)2/h15-18,24H,4-12H2,1-3H3/t15-,16+,17-,18-,19+,20+,21-/m0/s1. The van der Waals surface area contributed by atoms with Gasteiger partial charge in [0.1, 0.15) is 11.6 Å². The van der Waals surface area contributed by atoms with Crippen LogP contribution < -0.4 is 0 Å². The molecule has 0 aromatic carbocycles. The fourth-order valence-electron chi connectivity index (χ4n) is 7.71. The van der Waals surface area contributed by atoms with Gasteiger partial charge < -0.3 is 5.11 Å². The molecular formula is C21H32O3. The lowest BCUT2D eigenvalue weighted by molar-refractivity contribution is -0.203. The van der Waals surface area contributed by atoms with E-state index in [1.165, 1.54) is 6.42 Å². The van der Waals surface area contributed by atoms with Crippen LogP contribution in [0.3, 0.4) is 0 Å². The zero-order valence-corrected chi connectivity index (χ0v) is 15.4. The Morgan fingerprint density at radius 2 is 1.79 bits per heavy atom. The molecule has 3 nitrogen and oxygen atoms in total. The molecule has 0 spiro atoms. The summed E-state index contributed by atoms with van der Waals surface area (Å²) in [5.74, 6) is 2.64. The largest absolute Gasteiger partial charge is 0.389 e. The highest BCUT2D eigenvalue weighted by atomic mass is 16.3. The van der Waals surface area contributed by atoms with Crippen LogP contribution in [-0.4, -0.2) is 22.3 Å². The van der Waals surface area contributed by atoms with Crippen molar-refractivity contribution in [3.8, 4) is 0 Å². The number of rotatable bonds is 1. The molecule has 0 aromatic rings. The highest BCUT2D eigenvalue weighted by Crippen LogP contribution is 2.68. The summed E-state index contributed by atoms with van der Waals surface area (Å²) >= 11 is 0. The van der Waals surface area contributed by atoms with Crippen molar-refractivity contribution >= 4 is 11.6 Å². The summed E-state index contributed by atoms with van der Waals surface area (Å²) in [5.41, 5.74) is -0.724. The molecule has 0 bridgehead atoms. The van der Waals surface area contributed by atoms with E-state index in [0.29, 0.717) is 36.4 Å². The van der Waals surface area contributed by atoms with E-state index in [4.69, 9.17) is 0 Å². The fraction of sp³-hybridized carbons (Fsp3) is 0.905. The summed E-state index contributed by atoms with van der Waals surface area (Å²) in [5, 5.41) is 11.3. The molecule has 0 aromatic heterocycles. The molecule has 0 aliphatic heterocycles. The van der Waals surface area contributed by atoms with Gasteiger partial charge in [0.2, 0.25) is 0 Å². The molecule has 1 N–H and O–H groups in total. The Morgan fingerprint density at radius 3 is 2.50 bits per heavy atom. The average Bonchev–Trinajstić information content (AvgIpc) is 2.86. The Balaban J connectivity index is 1.66. The van der Waals surface area contributed by atoms with Crippen LogP contribution in [-0.2, 0) is 9.59 Å². The van der Waals surface area contributed by atoms with E-state index in [1.807, 2.05) is 0 Å². The maximum Gasteiger partial charge on any atom is 0.135 e. The maximum atomic E-state index is 12.2. The first kappa shape index (κ1) is 16.8. The second kappa shape index (κ2) is 5.16. The summed E-state index contributed by atoms with van der Waals surface area (Å²) in [6.45, 7) is 6.40. The van der Waals surface area contributed by atoms with E-state index < -0.39 is 5.60 Å². The van der Waals surface area contributed by atoms with Crippen LogP contribution in [0.4, 0.5) is 0 Å². The van der Waals surface area contributed by atoms with Crippen LogP contribution in [0.25, 0.3) is 0 Å². The molecule has 0 saturated heterocycles. The van der Waals surface area contributed by atoms with Gasteiger partial charge >= 0.3 is 0 Å². The molecule has 3 heteroatoms. The van der Waals surface area contributed by atoms with E-state index >= 15 is 0 Å². The van der Waals surface area contributed by atoms with Crippen molar-refractivity contribution in [1.29, 1.82) is 0 Å². The number of hydrogen-bond donors (Lipinski definition) is 1. The summed E-state index contributed by atoms with van der Waals surface area (Å²) in [6, 6.07) is 0. The topological polar surface area (TPSA) is 54.4 Å². The van der Waals surface area contributed by atoms with Crippen molar-refractivity contribution in [1.82, 2.24) is 0 Å². The van der Waals surface area contributed by atoms with E-state index in [9.17, 15) is 14.7 Å². The first-order chi connectivity index (χ1) is 11.2. The second-order valence-electron chi connectivity index (χ2n) is 9.87. The second-order valence-corrected chi connectivity index (χ2v) is 9.87. The summed E-state index contributed by atoms with van der Waals surface area (Å²) in [4.78, 5) is 24.1. The normalized spacial score (nSPS) is 53.9. The Morgan fingerprint density at radius 1 is 1.04 bits per heavy atom. The number of Topliss-reactive ketones (excluding diaryl/α,β-unsaturated/α-hetero) is 2. The highest BCUT2D eigenvalue weighted by Gasteiger charge is 2.64. The van der Waals surface area contributed by atoms with E-state index in [-0.39, 0.29) is 22.5 Å². The number of fused-ring (bicyclic) bond motifs is 5. The lowest BCUT2D eigenvalue weighted by Crippen LogP contribution is -2.62. The molecule has 0 amide bonds. The van der Waals surface area contributed by atoms with Gasteiger partial charge in [0.15, 0.2) is 0 Å². The van der Waals surface area contributed by atoms with Gasteiger partial charge in [0.05, 0.1) is 5.60 Å². The molecule has 7 atom stereocenters. The van der Waals surface area contributed by atoms with Crippen LogP contribution in [0.15, 0.2) is 0 Å². The third kappa shape index (κ3) is 2.00.